The van der Waals surface area contributed by atoms with Crippen molar-refractivity contribution < 1.29 is 0 Å². The van der Waals surface area contributed by atoms with Gasteiger partial charge in [0.2, 0.25) is 5.13 Å². The van der Waals surface area contributed by atoms with Crippen LogP contribution in [0.15, 0.2) is 54.7 Å². The van der Waals surface area contributed by atoms with E-state index >= 15 is 0 Å². The second-order valence-electron chi connectivity index (χ2n) is 5.06. The van der Waals surface area contributed by atoms with Crippen LogP contribution in [0.2, 0.25) is 10.0 Å². The summed E-state index contributed by atoms with van der Waals surface area (Å²) < 4.78 is 0. The average Bonchev–Trinajstić information content (AvgIpc) is 3.04. The molecule has 0 bridgehead atoms. The number of fused-ring (bicyclic) bond motifs is 1. The van der Waals surface area contributed by atoms with Crippen molar-refractivity contribution >= 4 is 56.3 Å². The number of hydrogen-bond acceptors (Lipinski definition) is 5. The van der Waals surface area contributed by atoms with E-state index in [1.165, 1.54) is 11.3 Å². The first-order chi connectivity index (χ1) is 11.7. The zero-order valence-corrected chi connectivity index (χ0v) is 14.5. The Morgan fingerprint density at radius 3 is 2.50 bits per heavy atom. The minimum absolute atomic E-state index is 0.660. The SMILES string of the molecule is Clc1ccc(-c2nnc(Nc3ccnc4cc(Cl)ccc34)s2)cc1. The first-order valence-corrected chi connectivity index (χ1v) is 8.67. The minimum Gasteiger partial charge on any atom is -0.329 e. The molecule has 4 rings (SSSR count). The van der Waals surface area contributed by atoms with Gasteiger partial charge < -0.3 is 5.32 Å². The quantitative estimate of drug-likeness (QED) is 0.493. The number of nitrogens with one attached hydrogen (secondary N) is 1. The Morgan fingerprint density at radius 1 is 0.875 bits per heavy atom. The molecule has 4 nitrogen and oxygen atoms in total. The highest BCUT2D eigenvalue weighted by molar-refractivity contribution is 7.18. The fourth-order valence-corrected chi connectivity index (χ4v) is 3.38. The molecule has 0 fully saturated rings. The molecule has 24 heavy (non-hydrogen) atoms. The van der Waals surface area contributed by atoms with Crippen LogP contribution >= 0.6 is 34.5 Å². The van der Waals surface area contributed by atoms with Crippen molar-refractivity contribution in [3.63, 3.8) is 0 Å². The summed E-state index contributed by atoms with van der Waals surface area (Å²) in [5, 5.41) is 15.6. The van der Waals surface area contributed by atoms with Gasteiger partial charge in [-0.25, -0.2) is 0 Å². The molecule has 0 saturated heterocycles. The van der Waals surface area contributed by atoms with E-state index in [2.05, 4.69) is 20.5 Å². The fourth-order valence-electron chi connectivity index (χ4n) is 2.33. The van der Waals surface area contributed by atoms with E-state index in [1.807, 2.05) is 48.5 Å². The molecule has 0 spiro atoms. The van der Waals surface area contributed by atoms with Crippen LogP contribution in [0.4, 0.5) is 10.8 Å². The molecule has 2 heterocycles. The second kappa shape index (κ2) is 6.36. The van der Waals surface area contributed by atoms with Gasteiger partial charge in [-0.2, -0.15) is 0 Å². The van der Waals surface area contributed by atoms with Crippen molar-refractivity contribution in [3.05, 3.63) is 64.8 Å². The van der Waals surface area contributed by atoms with Gasteiger partial charge in [-0.1, -0.05) is 46.7 Å². The molecule has 0 aliphatic heterocycles. The van der Waals surface area contributed by atoms with E-state index < -0.39 is 0 Å². The van der Waals surface area contributed by atoms with Crippen LogP contribution in [0.1, 0.15) is 0 Å². The van der Waals surface area contributed by atoms with Crippen molar-refractivity contribution in [2.24, 2.45) is 0 Å². The van der Waals surface area contributed by atoms with E-state index in [0.29, 0.717) is 15.2 Å². The van der Waals surface area contributed by atoms with Crippen LogP contribution in [-0.4, -0.2) is 15.2 Å². The number of aromatic nitrogens is 3. The normalized spacial score (nSPS) is 10.9. The number of anilines is 2. The zero-order chi connectivity index (χ0) is 16.5. The van der Waals surface area contributed by atoms with E-state index in [9.17, 15) is 0 Å². The maximum absolute atomic E-state index is 6.02. The Balaban J connectivity index is 1.66. The van der Waals surface area contributed by atoms with Crippen molar-refractivity contribution in [1.82, 2.24) is 15.2 Å². The van der Waals surface area contributed by atoms with Crippen LogP contribution in [0, 0.1) is 0 Å². The Bertz CT molecular complexity index is 1010. The van der Waals surface area contributed by atoms with E-state index in [4.69, 9.17) is 23.2 Å². The van der Waals surface area contributed by atoms with Crippen molar-refractivity contribution in [2.75, 3.05) is 5.32 Å². The molecular weight excluding hydrogens is 363 g/mol. The number of halogens is 2. The summed E-state index contributed by atoms with van der Waals surface area (Å²) in [6, 6.07) is 15.1. The standard InChI is InChI=1S/C17H10Cl2N4S/c18-11-3-1-10(2-4-11)16-22-23-17(24-16)21-14-7-8-20-15-9-12(19)5-6-13(14)15/h1-9H,(H,20,21,23). The van der Waals surface area contributed by atoms with Crippen molar-refractivity contribution in [1.29, 1.82) is 0 Å². The largest absolute Gasteiger partial charge is 0.329 e. The lowest BCUT2D eigenvalue weighted by molar-refractivity contribution is 1.10. The van der Waals surface area contributed by atoms with Gasteiger partial charge in [0.25, 0.3) is 0 Å². The number of pyridine rings is 1. The van der Waals surface area contributed by atoms with Crippen LogP contribution in [0.25, 0.3) is 21.5 Å². The van der Waals surface area contributed by atoms with Gasteiger partial charge in [-0.05, 0) is 36.4 Å². The summed E-state index contributed by atoms with van der Waals surface area (Å²) in [5.41, 5.74) is 2.72. The molecule has 0 atom stereocenters. The number of rotatable bonds is 3. The third kappa shape index (κ3) is 3.06. The lowest BCUT2D eigenvalue weighted by atomic mass is 10.2. The molecule has 0 unspecified atom stereocenters. The molecule has 2 aromatic carbocycles. The topological polar surface area (TPSA) is 50.7 Å². The molecule has 0 radical (unpaired) electrons. The lowest BCUT2D eigenvalue weighted by Crippen LogP contribution is -1.92. The summed E-state index contributed by atoms with van der Waals surface area (Å²) in [5.74, 6) is 0. The minimum atomic E-state index is 0.660. The predicted octanol–water partition coefficient (Wildman–Crippen LogP) is 5.80. The first kappa shape index (κ1) is 15.3. The van der Waals surface area contributed by atoms with Gasteiger partial charge in [0.15, 0.2) is 0 Å². The zero-order valence-electron chi connectivity index (χ0n) is 12.2. The number of nitrogens with zero attached hydrogens (tertiary/aromatic N) is 3. The second-order valence-corrected chi connectivity index (χ2v) is 6.91. The number of benzene rings is 2. The maximum Gasteiger partial charge on any atom is 0.210 e. The molecule has 0 saturated carbocycles. The first-order valence-electron chi connectivity index (χ1n) is 7.10. The highest BCUT2D eigenvalue weighted by Gasteiger charge is 2.09. The molecule has 0 amide bonds. The lowest BCUT2D eigenvalue weighted by Gasteiger charge is -2.06. The van der Waals surface area contributed by atoms with Crippen LogP contribution in [-0.2, 0) is 0 Å². The Kier molecular flexibility index (Phi) is 4.06. The predicted molar refractivity (Wildman–Crippen MR) is 100 cm³/mol. The Morgan fingerprint density at radius 2 is 1.67 bits per heavy atom. The van der Waals surface area contributed by atoms with Crippen LogP contribution in [0.3, 0.4) is 0 Å². The summed E-state index contributed by atoms with van der Waals surface area (Å²) in [6.45, 7) is 0. The molecule has 2 aromatic heterocycles. The van der Waals surface area contributed by atoms with Gasteiger partial charge in [0, 0.05) is 27.2 Å². The van der Waals surface area contributed by atoms with E-state index in [-0.39, 0.29) is 0 Å². The highest BCUT2D eigenvalue weighted by atomic mass is 35.5. The Hall–Kier alpha value is -2.21. The summed E-state index contributed by atoms with van der Waals surface area (Å²) in [4.78, 5) is 4.34. The summed E-state index contributed by atoms with van der Waals surface area (Å²) in [6.07, 6.45) is 1.74. The van der Waals surface area contributed by atoms with Crippen molar-refractivity contribution in [2.45, 2.75) is 0 Å². The van der Waals surface area contributed by atoms with Crippen LogP contribution in [0.5, 0.6) is 0 Å². The van der Waals surface area contributed by atoms with Crippen LogP contribution < -0.4 is 5.32 Å². The van der Waals surface area contributed by atoms with E-state index in [0.717, 1.165) is 27.2 Å². The molecular formula is C17H10Cl2N4S. The molecule has 7 heteroatoms. The van der Waals surface area contributed by atoms with Gasteiger partial charge >= 0.3 is 0 Å². The molecule has 118 valence electrons. The van der Waals surface area contributed by atoms with Gasteiger partial charge in [0.05, 0.1) is 11.2 Å². The monoisotopic (exact) mass is 372 g/mol. The number of hydrogen-bond donors (Lipinski definition) is 1. The van der Waals surface area contributed by atoms with Gasteiger partial charge in [0.1, 0.15) is 5.01 Å². The summed E-state index contributed by atoms with van der Waals surface area (Å²) >= 11 is 13.4. The molecule has 0 aliphatic rings. The van der Waals surface area contributed by atoms with Gasteiger partial charge in [-0.15, -0.1) is 10.2 Å². The molecule has 4 aromatic rings. The average molecular weight is 373 g/mol. The Labute approximate surface area is 152 Å². The fraction of sp³-hybridized carbons (Fsp3) is 0. The van der Waals surface area contributed by atoms with E-state index in [1.54, 1.807) is 6.20 Å². The molecule has 1 N–H and O–H groups in total. The van der Waals surface area contributed by atoms with Crippen molar-refractivity contribution in [3.8, 4) is 10.6 Å². The van der Waals surface area contributed by atoms with Gasteiger partial charge in [-0.3, -0.25) is 4.98 Å². The molecule has 0 aliphatic carbocycles. The maximum atomic E-state index is 6.02. The highest BCUT2D eigenvalue weighted by Crippen LogP contribution is 2.31. The smallest absolute Gasteiger partial charge is 0.210 e. The third-order valence-electron chi connectivity index (χ3n) is 3.46. The third-order valence-corrected chi connectivity index (χ3v) is 4.84. The summed E-state index contributed by atoms with van der Waals surface area (Å²) in [7, 11) is 0.